The van der Waals surface area contributed by atoms with Crippen LogP contribution in [0.4, 0.5) is 11.6 Å². The third-order valence-corrected chi connectivity index (χ3v) is 3.33. The highest BCUT2D eigenvalue weighted by atomic mass is 15.3. The Morgan fingerprint density at radius 3 is 2.36 bits per heavy atom. The van der Waals surface area contributed by atoms with Gasteiger partial charge in [-0.3, -0.25) is 4.98 Å². The maximum absolute atomic E-state index is 4.56. The second-order valence-electron chi connectivity index (χ2n) is 4.84. The number of rotatable bonds is 3. The second-order valence-corrected chi connectivity index (χ2v) is 4.84. The summed E-state index contributed by atoms with van der Waals surface area (Å²) < 4.78 is 1.74. The fourth-order valence-corrected chi connectivity index (χ4v) is 2.32. The van der Waals surface area contributed by atoms with Crippen LogP contribution < -0.4 is 5.32 Å². The van der Waals surface area contributed by atoms with E-state index >= 15 is 0 Å². The van der Waals surface area contributed by atoms with Gasteiger partial charge < -0.3 is 5.32 Å². The van der Waals surface area contributed by atoms with Crippen molar-refractivity contribution in [1.82, 2.24) is 19.6 Å². The molecule has 0 unspecified atom stereocenters. The number of benzene rings is 2. The van der Waals surface area contributed by atoms with Crippen molar-refractivity contribution in [2.45, 2.75) is 0 Å². The van der Waals surface area contributed by atoms with Gasteiger partial charge in [0.15, 0.2) is 5.65 Å². The summed E-state index contributed by atoms with van der Waals surface area (Å²) >= 11 is 0. The molecule has 5 nitrogen and oxygen atoms in total. The predicted octanol–water partition coefficient (Wildman–Crippen LogP) is 3.53. The molecule has 4 rings (SSSR count). The smallest absolute Gasteiger partial charge is 0.247 e. The van der Waals surface area contributed by atoms with Gasteiger partial charge in [0.2, 0.25) is 5.95 Å². The van der Waals surface area contributed by atoms with E-state index in [9.17, 15) is 0 Å². The molecule has 2 heterocycles. The van der Waals surface area contributed by atoms with Crippen molar-refractivity contribution in [2.24, 2.45) is 0 Å². The van der Waals surface area contributed by atoms with Crippen molar-refractivity contribution >= 4 is 17.3 Å². The zero-order valence-electron chi connectivity index (χ0n) is 11.7. The number of nitrogens with zero attached hydrogens (tertiary/aromatic N) is 4. The summed E-state index contributed by atoms with van der Waals surface area (Å²) in [4.78, 5) is 9.01. The van der Waals surface area contributed by atoms with Gasteiger partial charge in [0.25, 0.3) is 0 Å². The highest BCUT2D eigenvalue weighted by Gasteiger charge is 2.10. The van der Waals surface area contributed by atoms with Crippen LogP contribution in [0.1, 0.15) is 0 Å². The molecule has 0 saturated carbocycles. The van der Waals surface area contributed by atoms with Crippen LogP contribution in [-0.4, -0.2) is 19.6 Å². The number of fused-ring (bicyclic) bond motifs is 1. The van der Waals surface area contributed by atoms with Crippen molar-refractivity contribution in [3.63, 3.8) is 0 Å². The first-order chi connectivity index (χ1) is 10.9. The molecule has 0 bridgehead atoms. The lowest BCUT2D eigenvalue weighted by molar-refractivity contribution is 0.952. The molecule has 22 heavy (non-hydrogen) atoms. The Hall–Kier alpha value is -3.21. The number of para-hydroxylation sites is 1. The molecule has 0 aliphatic carbocycles. The Bertz CT molecular complexity index is 900. The van der Waals surface area contributed by atoms with E-state index in [2.05, 4.69) is 20.4 Å². The number of anilines is 2. The highest BCUT2D eigenvalue weighted by molar-refractivity contribution is 5.74. The lowest BCUT2D eigenvalue weighted by atomic mass is 10.1. The summed E-state index contributed by atoms with van der Waals surface area (Å²) in [7, 11) is 0. The summed E-state index contributed by atoms with van der Waals surface area (Å²) in [5.74, 6) is 0.552. The summed E-state index contributed by atoms with van der Waals surface area (Å²) in [5, 5.41) is 7.65. The number of nitrogens with one attached hydrogen (secondary N) is 1. The molecule has 2 aromatic heterocycles. The molecule has 2 aromatic carbocycles. The largest absolute Gasteiger partial charge is 0.323 e. The summed E-state index contributed by atoms with van der Waals surface area (Å²) in [6, 6.07) is 19.8. The monoisotopic (exact) mass is 287 g/mol. The van der Waals surface area contributed by atoms with Gasteiger partial charge in [-0.05, 0) is 12.1 Å². The van der Waals surface area contributed by atoms with Crippen molar-refractivity contribution in [3.8, 4) is 11.3 Å². The molecule has 0 spiro atoms. The fraction of sp³-hybridized carbons (Fsp3) is 0. The molecule has 0 radical (unpaired) electrons. The van der Waals surface area contributed by atoms with Crippen molar-refractivity contribution in [1.29, 1.82) is 0 Å². The van der Waals surface area contributed by atoms with Crippen LogP contribution >= 0.6 is 0 Å². The van der Waals surface area contributed by atoms with Crippen LogP contribution in [0.3, 0.4) is 0 Å². The van der Waals surface area contributed by atoms with E-state index in [1.807, 2.05) is 60.7 Å². The standard InChI is InChI=1S/C17H13N5/c1-3-7-13(8-4-1)15-16-20-17(21-22(16)12-11-18-15)19-14-9-5-2-6-10-14/h1-12H,(H,19,21). The molecule has 1 N–H and O–H groups in total. The number of hydrogen-bond acceptors (Lipinski definition) is 4. The first-order valence-corrected chi connectivity index (χ1v) is 6.99. The molecular weight excluding hydrogens is 274 g/mol. The Morgan fingerprint density at radius 1 is 0.864 bits per heavy atom. The lowest BCUT2D eigenvalue weighted by Crippen LogP contribution is -1.93. The van der Waals surface area contributed by atoms with E-state index < -0.39 is 0 Å². The summed E-state index contributed by atoms with van der Waals surface area (Å²) in [5.41, 5.74) is 3.52. The van der Waals surface area contributed by atoms with Crippen LogP contribution in [0.15, 0.2) is 73.1 Å². The highest BCUT2D eigenvalue weighted by Crippen LogP contribution is 2.22. The molecule has 0 aliphatic heterocycles. The lowest BCUT2D eigenvalue weighted by Gasteiger charge is -2.00. The van der Waals surface area contributed by atoms with Gasteiger partial charge in [0.05, 0.1) is 0 Å². The van der Waals surface area contributed by atoms with Crippen molar-refractivity contribution in [3.05, 3.63) is 73.1 Å². The minimum atomic E-state index is 0.552. The van der Waals surface area contributed by atoms with E-state index in [0.29, 0.717) is 5.95 Å². The number of aromatic nitrogens is 4. The second kappa shape index (κ2) is 5.29. The molecule has 5 heteroatoms. The van der Waals surface area contributed by atoms with Crippen LogP contribution in [0, 0.1) is 0 Å². The van der Waals surface area contributed by atoms with E-state index in [0.717, 1.165) is 22.6 Å². The Morgan fingerprint density at radius 2 is 1.59 bits per heavy atom. The predicted molar refractivity (Wildman–Crippen MR) is 85.9 cm³/mol. The summed E-state index contributed by atoms with van der Waals surface area (Å²) in [6.07, 6.45) is 3.53. The van der Waals surface area contributed by atoms with Crippen LogP contribution in [0.5, 0.6) is 0 Å². The van der Waals surface area contributed by atoms with Gasteiger partial charge in [0, 0.05) is 23.6 Å². The Balaban J connectivity index is 1.78. The Labute approximate surface area is 127 Å². The molecule has 4 aromatic rings. The third kappa shape index (κ3) is 2.29. The van der Waals surface area contributed by atoms with E-state index in [1.54, 1.807) is 16.9 Å². The molecule has 0 aliphatic rings. The fourth-order valence-electron chi connectivity index (χ4n) is 2.32. The van der Waals surface area contributed by atoms with Gasteiger partial charge in [0.1, 0.15) is 5.69 Å². The van der Waals surface area contributed by atoms with Crippen LogP contribution in [0.25, 0.3) is 16.9 Å². The normalized spacial score (nSPS) is 10.7. The van der Waals surface area contributed by atoms with Gasteiger partial charge in [-0.25, -0.2) is 4.52 Å². The zero-order chi connectivity index (χ0) is 14.8. The maximum Gasteiger partial charge on any atom is 0.247 e. The average molecular weight is 287 g/mol. The van der Waals surface area contributed by atoms with E-state index in [4.69, 9.17) is 0 Å². The third-order valence-electron chi connectivity index (χ3n) is 3.33. The van der Waals surface area contributed by atoms with Crippen LogP contribution in [-0.2, 0) is 0 Å². The minimum Gasteiger partial charge on any atom is -0.323 e. The van der Waals surface area contributed by atoms with Crippen LogP contribution in [0.2, 0.25) is 0 Å². The SMILES string of the molecule is c1ccc(Nc2nc3c(-c4ccccc4)nccn3n2)cc1. The first kappa shape index (κ1) is 12.5. The van der Waals surface area contributed by atoms with Gasteiger partial charge in [-0.2, -0.15) is 4.98 Å². The van der Waals surface area contributed by atoms with Crippen molar-refractivity contribution in [2.75, 3.05) is 5.32 Å². The molecule has 106 valence electrons. The molecule has 0 atom stereocenters. The average Bonchev–Trinajstić information content (AvgIpc) is 2.99. The summed E-state index contributed by atoms with van der Waals surface area (Å²) in [6.45, 7) is 0. The maximum atomic E-state index is 4.56. The molecule has 0 amide bonds. The quantitative estimate of drug-likeness (QED) is 0.626. The van der Waals surface area contributed by atoms with E-state index in [-0.39, 0.29) is 0 Å². The Kier molecular flexibility index (Phi) is 3.01. The van der Waals surface area contributed by atoms with Crippen molar-refractivity contribution < 1.29 is 0 Å². The van der Waals surface area contributed by atoms with Gasteiger partial charge in [-0.1, -0.05) is 48.5 Å². The topological polar surface area (TPSA) is 55.1 Å². The number of hydrogen-bond donors (Lipinski definition) is 1. The molecule has 0 saturated heterocycles. The molecule has 0 fully saturated rings. The van der Waals surface area contributed by atoms with Gasteiger partial charge in [-0.15, -0.1) is 5.10 Å². The van der Waals surface area contributed by atoms with Gasteiger partial charge >= 0.3 is 0 Å². The minimum absolute atomic E-state index is 0.552. The molecular formula is C17H13N5. The van der Waals surface area contributed by atoms with E-state index in [1.165, 1.54) is 0 Å². The zero-order valence-corrected chi connectivity index (χ0v) is 11.7. The first-order valence-electron chi connectivity index (χ1n) is 6.99.